The summed E-state index contributed by atoms with van der Waals surface area (Å²) in [6, 6.07) is 5.47. The molecule has 0 N–H and O–H groups in total. The summed E-state index contributed by atoms with van der Waals surface area (Å²) in [4.78, 5) is 10.0. The van der Waals surface area contributed by atoms with E-state index >= 15 is 0 Å². The van der Waals surface area contributed by atoms with Gasteiger partial charge in [0.25, 0.3) is 5.69 Å². The maximum absolute atomic E-state index is 12.4. The predicted molar refractivity (Wildman–Crippen MR) is 72.7 cm³/mol. The van der Waals surface area contributed by atoms with Crippen molar-refractivity contribution in [2.75, 3.05) is 12.8 Å². The standard InChI is InChI=1S/C12H18NO5P/c1-3-5-10-19(16,17-4-2)18-12-8-6-11(7-9-12)13(14)15/h6-9H,3-5,10H2,1-2H3/t19-/m0/s1. The van der Waals surface area contributed by atoms with E-state index in [4.69, 9.17) is 9.05 Å². The quantitative estimate of drug-likeness (QED) is 0.410. The van der Waals surface area contributed by atoms with Crippen molar-refractivity contribution in [2.45, 2.75) is 26.7 Å². The van der Waals surface area contributed by atoms with Crippen LogP contribution in [-0.4, -0.2) is 17.7 Å². The fourth-order valence-electron chi connectivity index (χ4n) is 1.47. The van der Waals surface area contributed by atoms with Crippen molar-refractivity contribution >= 4 is 13.3 Å². The van der Waals surface area contributed by atoms with Crippen LogP contribution in [-0.2, 0) is 9.09 Å². The molecule has 7 heteroatoms. The molecule has 19 heavy (non-hydrogen) atoms. The van der Waals surface area contributed by atoms with Crippen molar-refractivity contribution in [3.63, 3.8) is 0 Å². The van der Waals surface area contributed by atoms with E-state index in [1.807, 2.05) is 6.92 Å². The van der Waals surface area contributed by atoms with Crippen molar-refractivity contribution < 1.29 is 18.5 Å². The minimum absolute atomic E-state index is 0.0350. The molecule has 1 rings (SSSR count). The van der Waals surface area contributed by atoms with E-state index in [0.29, 0.717) is 18.5 Å². The van der Waals surface area contributed by atoms with Gasteiger partial charge in [0.2, 0.25) is 0 Å². The minimum Gasteiger partial charge on any atom is -0.424 e. The maximum atomic E-state index is 12.4. The molecule has 0 aromatic heterocycles. The van der Waals surface area contributed by atoms with Gasteiger partial charge in [-0.1, -0.05) is 13.3 Å². The van der Waals surface area contributed by atoms with E-state index in [2.05, 4.69) is 0 Å². The van der Waals surface area contributed by atoms with Crippen LogP contribution in [0.2, 0.25) is 0 Å². The van der Waals surface area contributed by atoms with Crippen LogP contribution in [0.15, 0.2) is 24.3 Å². The Kier molecular flexibility index (Phi) is 5.99. The van der Waals surface area contributed by atoms with Gasteiger partial charge in [-0.2, -0.15) is 0 Å². The van der Waals surface area contributed by atoms with Crippen molar-refractivity contribution in [1.82, 2.24) is 0 Å². The van der Waals surface area contributed by atoms with Gasteiger partial charge in [-0.3, -0.25) is 10.1 Å². The largest absolute Gasteiger partial charge is 0.424 e. The van der Waals surface area contributed by atoms with Crippen LogP contribution in [0, 0.1) is 10.1 Å². The Balaban J connectivity index is 2.78. The third-order valence-corrected chi connectivity index (χ3v) is 4.41. The van der Waals surface area contributed by atoms with Gasteiger partial charge in [0.1, 0.15) is 5.75 Å². The van der Waals surface area contributed by atoms with Crippen LogP contribution < -0.4 is 4.52 Å². The molecule has 1 aromatic rings. The summed E-state index contributed by atoms with van der Waals surface area (Å²) in [5.41, 5.74) is -0.0350. The third-order valence-electron chi connectivity index (χ3n) is 2.40. The average molecular weight is 287 g/mol. The van der Waals surface area contributed by atoms with Gasteiger partial charge in [-0.15, -0.1) is 0 Å². The molecule has 0 aliphatic heterocycles. The zero-order valence-corrected chi connectivity index (χ0v) is 12.0. The highest BCUT2D eigenvalue weighted by molar-refractivity contribution is 7.54. The van der Waals surface area contributed by atoms with Crippen LogP contribution in [0.25, 0.3) is 0 Å². The second kappa shape index (κ2) is 7.26. The second-order valence-corrected chi connectivity index (χ2v) is 6.06. The highest BCUT2D eigenvalue weighted by Gasteiger charge is 2.25. The van der Waals surface area contributed by atoms with E-state index in [-0.39, 0.29) is 5.69 Å². The number of nitro benzene ring substituents is 1. The fraction of sp³-hybridized carbons (Fsp3) is 0.500. The molecule has 0 saturated heterocycles. The van der Waals surface area contributed by atoms with Gasteiger partial charge < -0.3 is 9.05 Å². The van der Waals surface area contributed by atoms with E-state index in [1.165, 1.54) is 24.3 Å². The molecule has 0 fully saturated rings. The Bertz CT molecular complexity index is 460. The molecule has 0 aliphatic rings. The molecule has 0 radical (unpaired) electrons. The Labute approximate surface area is 112 Å². The lowest BCUT2D eigenvalue weighted by molar-refractivity contribution is -0.384. The third kappa shape index (κ3) is 5.01. The van der Waals surface area contributed by atoms with Gasteiger partial charge in [-0.25, -0.2) is 4.57 Å². The molecular weight excluding hydrogens is 269 g/mol. The fourth-order valence-corrected chi connectivity index (χ4v) is 3.29. The lowest BCUT2D eigenvalue weighted by atomic mass is 10.3. The first kappa shape index (κ1) is 15.7. The van der Waals surface area contributed by atoms with Crippen molar-refractivity contribution in [2.24, 2.45) is 0 Å². The summed E-state index contributed by atoms with van der Waals surface area (Å²) in [7, 11) is -3.17. The van der Waals surface area contributed by atoms with Crippen LogP contribution in [0.5, 0.6) is 5.75 Å². The van der Waals surface area contributed by atoms with Crippen molar-refractivity contribution in [1.29, 1.82) is 0 Å². The molecule has 0 unspecified atom stereocenters. The molecule has 0 saturated carbocycles. The normalized spacial score (nSPS) is 13.8. The smallest absolute Gasteiger partial charge is 0.379 e. The van der Waals surface area contributed by atoms with Gasteiger partial charge in [-0.05, 0) is 25.5 Å². The first-order valence-corrected chi connectivity index (χ1v) is 7.91. The van der Waals surface area contributed by atoms with Crippen molar-refractivity contribution in [3.8, 4) is 5.75 Å². The molecule has 6 nitrogen and oxygen atoms in total. The molecule has 0 spiro atoms. The second-order valence-electron chi connectivity index (χ2n) is 3.95. The minimum atomic E-state index is -3.17. The molecule has 0 bridgehead atoms. The lowest BCUT2D eigenvalue weighted by Gasteiger charge is -2.18. The Hall–Kier alpha value is -1.39. The summed E-state index contributed by atoms with van der Waals surface area (Å²) in [6.07, 6.45) is 1.97. The molecule has 1 aromatic carbocycles. The first-order valence-electron chi connectivity index (χ1n) is 6.18. The first-order chi connectivity index (χ1) is 9.00. The van der Waals surface area contributed by atoms with E-state index in [9.17, 15) is 14.7 Å². The van der Waals surface area contributed by atoms with Crippen LogP contribution in [0.1, 0.15) is 26.7 Å². The monoisotopic (exact) mass is 287 g/mol. The number of hydrogen-bond donors (Lipinski definition) is 0. The highest BCUT2D eigenvalue weighted by Crippen LogP contribution is 2.49. The molecule has 106 valence electrons. The molecule has 1 atom stereocenters. The van der Waals surface area contributed by atoms with Crippen molar-refractivity contribution in [3.05, 3.63) is 34.4 Å². The lowest BCUT2D eigenvalue weighted by Crippen LogP contribution is -2.02. The van der Waals surface area contributed by atoms with Gasteiger partial charge >= 0.3 is 7.60 Å². The summed E-state index contributed by atoms with van der Waals surface area (Å²) in [5.74, 6) is 0.318. The van der Waals surface area contributed by atoms with E-state index in [0.717, 1.165) is 12.8 Å². The summed E-state index contributed by atoms with van der Waals surface area (Å²) < 4.78 is 23.0. The number of rotatable bonds is 8. The van der Waals surface area contributed by atoms with Crippen LogP contribution >= 0.6 is 7.60 Å². The summed E-state index contributed by atoms with van der Waals surface area (Å²) in [5, 5.41) is 10.5. The topological polar surface area (TPSA) is 78.7 Å². The van der Waals surface area contributed by atoms with Crippen LogP contribution in [0.4, 0.5) is 5.69 Å². The maximum Gasteiger partial charge on any atom is 0.379 e. The zero-order valence-electron chi connectivity index (χ0n) is 11.1. The molecular formula is C12H18NO5P. The SMILES string of the molecule is CCCC[P@](=O)(OCC)Oc1ccc([N+](=O)[O-])cc1. The van der Waals surface area contributed by atoms with Gasteiger partial charge in [0, 0.05) is 12.1 Å². The molecule has 0 heterocycles. The zero-order chi connectivity index (χ0) is 14.3. The van der Waals surface area contributed by atoms with E-state index < -0.39 is 12.5 Å². The Morgan fingerprint density at radius 1 is 1.26 bits per heavy atom. The Morgan fingerprint density at radius 2 is 1.89 bits per heavy atom. The number of non-ortho nitro benzene ring substituents is 1. The molecule has 0 aliphatic carbocycles. The number of hydrogen-bond acceptors (Lipinski definition) is 5. The van der Waals surface area contributed by atoms with Crippen LogP contribution in [0.3, 0.4) is 0 Å². The molecule has 0 amide bonds. The van der Waals surface area contributed by atoms with E-state index in [1.54, 1.807) is 6.92 Å². The summed E-state index contributed by atoms with van der Waals surface area (Å²) in [6.45, 7) is 4.04. The van der Waals surface area contributed by atoms with Gasteiger partial charge in [0.15, 0.2) is 0 Å². The number of nitrogens with zero attached hydrogens (tertiary/aromatic N) is 1. The number of nitro groups is 1. The Morgan fingerprint density at radius 3 is 2.37 bits per heavy atom. The summed E-state index contributed by atoms with van der Waals surface area (Å²) >= 11 is 0. The predicted octanol–water partition coefficient (Wildman–Crippen LogP) is 4.00. The van der Waals surface area contributed by atoms with Gasteiger partial charge in [0.05, 0.1) is 17.7 Å². The number of unbranched alkanes of at least 4 members (excludes halogenated alkanes) is 1. The number of benzene rings is 1. The highest BCUT2D eigenvalue weighted by atomic mass is 31.2. The average Bonchev–Trinajstić information content (AvgIpc) is 2.37.